The molecule has 1 aliphatic heterocycles. The van der Waals surface area contributed by atoms with Crippen LogP contribution in [0.4, 0.5) is 0 Å². The fourth-order valence-electron chi connectivity index (χ4n) is 2.06. The van der Waals surface area contributed by atoms with E-state index in [1.807, 2.05) is 27.7 Å². The Kier molecular flexibility index (Phi) is 4.37. The van der Waals surface area contributed by atoms with Gasteiger partial charge in [-0.15, -0.1) is 0 Å². The summed E-state index contributed by atoms with van der Waals surface area (Å²) in [4.78, 5) is 24.9. The Balaban J connectivity index is 2.62. The zero-order valence-corrected chi connectivity index (χ0v) is 11.9. The summed E-state index contributed by atoms with van der Waals surface area (Å²) in [6.07, 6.45) is 0. The Morgan fingerprint density at radius 2 is 1.72 bits per heavy atom. The van der Waals surface area contributed by atoms with E-state index in [1.165, 1.54) is 6.92 Å². The fourth-order valence-corrected chi connectivity index (χ4v) is 2.06. The zero-order chi connectivity index (χ0) is 14.1. The second-order valence-electron chi connectivity index (χ2n) is 5.87. The van der Waals surface area contributed by atoms with Crippen molar-refractivity contribution in [1.29, 1.82) is 0 Å². The van der Waals surface area contributed by atoms with Gasteiger partial charge in [0.25, 0.3) is 0 Å². The number of aliphatic hydroxyl groups is 1. The van der Waals surface area contributed by atoms with E-state index in [0.717, 1.165) is 0 Å². The average Bonchev–Trinajstić information content (AvgIpc) is 2.19. The predicted molar refractivity (Wildman–Crippen MR) is 68.8 cm³/mol. The number of carbonyl (C=O) groups is 2. The van der Waals surface area contributed by atoms with Crippen LogP contribution < -0.4 is 5.32 Å². The molecule has 2 amide bonds. The van der Waals surface area contributed by atoms with Crippen LogP contribution in [-0.2, 0) is 9.59 Å². The number of hydrogen-bond acceptors (Lipinski definition) is 3. The van der Waals surface area contributed by atoms with Crippen LogP contribution in [0, 0.1) is 11.8 Å². The van der Waals surface area contributed by atoms with Crippen molar-refractivity contribution < 1.29 is 14.7 Å². The molecule has 0 aromatic heterocycles. The van der Waals surface area contributed by atoms with Crippen LogP contribution in [0.15, 0.2) is 0 Å². The van der Waals surface area contributed by atoms with Crippen LogP contribution in [0.25, 0.3) is 0 Å². The molecule has 1 fully saturated rings. The Morgan fingerprint density at radius 3 is 2.06 bits per heavy atom. The number of hydrogen-bond donors (Lipinski definition) is 2. The van der Waals surface area contributed by atoms with Crippen molar-refractivity contribution in [2.45, 2.75) is 46.3 Å². The number of nitrogens with zero attached hydrogens (tertiary/aromatic N) is 1. The van der Waals surface area contributed by atoms with Gasteiger partial charge in [0.15, 0.2) is 0 Å². The molecule has 0 aromatic carbocycles. The first-order valence-electron chi connectivity index (χ1n) is 6.45. The molecule has 1 heterocycles. The van der Waals surface area contributed by atoms with Crippen molar-refractivity contribution in [3.05, 3.63) is 0 Å². The molecule has 0 spiro atoms. The zero-order valence-electron chi connectivity index (χ0n) is 11.9. The molecule has 0 bridgehead atoms. The highest BCUT2D eigenvalue weighted by Gasteiger charge is 2.47. The highest BCUT2D eigenvalue weighted by Crippen LogP contribution is 2.29. The highest BCUT2D eigenvalue weighted by atomic mass is 16.3. The van der Waals surface area contributed by atoms with Gasteiger partial charge in [-0.05, 0) is 11.8 Å². The van der Waals surface area contributed by atoms with E-state index in [-0.39, 0.29) is 23.7 Å². The lowest BCUT2D eigenvalue weighted by molar-refractivity contribution is -0.167. The first-order valence-corrected chi connectivity index (χ1v) is 6.45. The molecule has 1 saturated heterocycles. The lowest BCUT2D eigenvalue weighted by atomic mass is 9.82. The summed E-state index contributed by atoms with van der Waals surface area (Å²) in [7, 11) is 0. The van der Waals surface area contributed by atoms with Crippen LogP contribution >= 0.6 is 0 Å². The van der Waals surface area contributed by atoms with E-state index in [9.17, 15) is 14.7 Å². The van der Waals surface area contributed by atoms with Gasteiger partial charge in [0.1, 0.15) is 11.6 Å². The average molecular weight is 256 g/mol. The van der Waals surface area contributed by atoms with Gasteiger partial charge in [-0.1, -0.05) is 27.7 Å². The number of carbonyl (C=O) groups excluding carboxylic acids is 2. The third-order valence-corrected chi connectivity index (χ3v) is 3.61. The molecular formula is C13H24N2O3. The fraction of sp³-hybridized carbons (Fsp3) is 0.846. The van der Waals surface area contributed by atoms with E-state index in [1.54, 1.807) is 4.90 Å². The molecule has 1 unspecified atom stereocenters. The second-order valence-corrected chi connectivity index (χ2v) is 5.87. The molecule has 18 heavy (non-hydrogen) atoms. The molecule has 2 N–H and O–H groups in total. The van der Waals surface area contributed by atoms with Gasteiger partial charge >= 0.3 is 0 Å². The van der Waals surface area contributed by atoms with E-state index >= 15 is 0 Å². The molecule has 0 radical (unpaired) electrons. The van der Waals surface area contributed by atoms with Crippen molar-refractivity contribution in [1.82, 2.24) is 10.2 Å². The minimum atomic E-state index is -0.770. The van der Waals surface area contributed by atoms with Crippen molar-refractivity contribution in [3.8, 4) is 0 Å². The van der Waals surface area contributed by atoms with E-state index < -0.39 is 11.6 Å². The van der Waals surface area contributed by atoms with E-state index in [4.69, 9.17) is 0 Å². The summed E-state index contributed by atoms with van der Waals surface area (Å²) in [6.45, 7) is 9.78. The minimum Gasteiger partial charge on any atom is -0.386 e. The SMILES string of the molecule is CC(=O)NC(C(=O)N1CC(O)(C(C)C)C1)C(C)C. The molecule has 104 valence electrons. The Morgan fingerprint density at radius 1 is 1.22 bits per heavy atom. The summed E-state index contributed by atoms with van der Waals surface area (Å²) in [5.41, 5.74) is -0.770. The summed E-state index contributed by atoms with van der Waals surface area (Å²) >= 11 is 0. The molecule has 0 saturated carbocycles. The maximum Gasteiger partial charge on any atom is 0.245 e. The lowest BCUT2D eigenvalue weighted by Gasteiger charge is -2.50. The molecule has 1 atom stereocenters. The van der Waals surface area contributed by atoms with Gasteiger partial charge in [-0.2, -0.15) is 0 Å². The van der Waals surface area contributed by atoms with Crippen LogP contribution in [0.3, 0.4) is 0 Å². The van der Waals surface area contributed by atoms with Gasteiger partial charge in [-0.25, -0.2) is 0 Å². The largest absolute Gasteiger partial charge is 0.386 e. The number of β-amino-alcohol motifs (C(OH)–C–C–N with tert-alkyl or cyclic N) is 1. The molecule has 1 aliphatic rings. The quantitative estimate of drug-likeness (QED) is 0.764. The van der Waals surface area contributed by atoms with Crippen molar-refractivity contribution in [2.24, 2.45) is 11.8 Å². The monoisotopic (exact) mass is 256 g/mol. The summed E-state index contributed by atoms with van der Waals surface area (Å²) < 4.78 is 0. The molecule has 5 nitrogen and oxygen atoms in total. The second kappa shape index (κ2) is 5.26. The van der Waals surface area contributed by atoms with Crippen molar-refractivity contribution in [3.63, 3.8) is 0 Å². The third-order valence-electron chi connectivity index (χ3n) is 3.61. The molecule has 0 aromatic rings. The predicted octanol–water partition coefficient (Wildman–Crippen LogP) is 0.376. The van der Waals surface area contributed by atoms with Crippen LogP contribution in [0.5, 0.6) is 0 Å². The third kappa shape index (κ3) is 3.02. The molecular weight excluding hydrogens is 232 g/mol. The minimum absolute atomic E-state index is 0.0362. The smallest absolute Gasteiger partial charge is 0.245 e. The van der Waals surface area contributed by atoms with Gasteiger partial charge in [0.05, 0.1) is 13.1 Å². The first kappa shape index (κ1) is 15.0. The maximum atomic E-state index is 12.2. The number of rotatable bonds is 4. The Bertz CT molecular complexity index is 333. The number of likely N-dealkylation sites (tertiary alicyclic amines) is 1. The summed E-state index contributed by atoms with van der Waals surface area (Å²) in [5, 5.41) is 12.8. The highest BCUT2D eigenvalue weighted by molar-refractivity contribution is 5.87. The van der Waals surface area contributed by atoms with Crippen LogP contribution in [0.2, 0.25) is 0 Å². The number of nitrogens with one attached hydrogen (secondary N) is 1. The first-order chi connectivity index (χ1) is 8.17. The summed E-state index contributed by atoms with van der Waals surface area (Å²) in [6, 6.07) is -0.501. The Labute approximate surface area is 109 Å². The summed E-state index contributed by atoms with van der Waals surface area (Å²) in [5.74, 6) is -0.152. The van der Waals surface area contributed by atoms with Gasteiger partial charge in [0.2, 0.25) is 11.8 Å². The van der Waals surface area contributed by atoms with Crippen LogP contribution in [-0.4, -0.2) is 46.6 Å². The van der Waals surface area contributed by atoms with Gasteiger partial charge in [0, 0.05) is 6.92 Å². The van der Waals surface area contributed by atoms with Gasteiger partial charge in [-0.3, -0.25) is 9.59 Å². The Hall–Kier alpha value is -1.10. The van der Waals surface area contributed by atoms with E-state index in [0.29, 0.717) is 13.1 Å². The van der Waals surface area contributed by atoms with Crippen molar-refractivity contribution in [2.75, 3.05) is 13.1 Å². The lowest BCUT2D eigenvalue weighted by Crippen LogP contribution is -2.68. The van der Waals surface area contributed by atoms with Crippen molar-refractivity contribution >= 4 is 11.8 Å². The molecule has 1 rings (SSSR count). The molecule has 0 aliphatic carbocycles. The maximum absolute atomic E-state index is 12.2. The standard InChI is InChI=1S/C13H24N2O3/c1-8(2)11(14-10(5)16)12(17)15-6-13(18,7-15)9(3)4/h8-9,11,18H,6-7H2,1-5H3,(H,14,16). The molecule has 5 heteroatoms. The van der Waals surface area contributed by atoms with Gasteiger partial charge < -0.3 is 15.3 Å². The normalized spacial score (nSPS) is 19.7. The topological polar surface area (TPSA) is 69.6 Å². The van der Waals surface area contributed by atoms with E-state index in [2.05, 4.69) is 5.32 Å². The van der Waals surface area contributed by atoms with Crippen LogP contribution in [0.1, 0.15) is 34.6 Å². The number of amides is 2.